The molecule has 21 heavy (non-hydrogen) atoms. The van der Waals surface area contributed by atoms with Crippen molar-refractivity contribution >= 4 is 68.1 Å². The van der Waals surface area contributed by atoms with Crippen molar-refractivity contribution in [1.29, 1.82) is 0 Å². The molecule has 0 saturated carbocycles. The van der Waals surface area contributed by atoms with Crippen molar-refractivity contribution in [2.75, 3.05) is 0 Å². The van der Waals surface area contributed by atoms with Crippen molar-refractivity contribution in [2.24, 2.45) is 0 Å². The SMILES string of the molecule is O=C(c1c(F)cc(Br)cc1F)c1c(Cl)cc(Cl)c(Cl)c1Cl. The standard InChI is InChI=1S/C13H3BrCl4F2O/c14-4-1-7(19)10(8(20)2-4)13(21)9-5(15)3-6(16)11(17)12(9)18/h1-3H. The van der Waals surface area contributed by atoms with Gasteiger partial charge >= 0.3 is 0 Å². The molecule has 8 heteroatoms. The number of carbonyl (C=O) groups excluding carboxylic acids is 1. The molecule has 0 radical (unpaired) electrons. The predicted octanol–water partition coefficient (Wildman–Crippen LogP) is 6.57. The average molecular weight is 435 g/mol. The van der Waals surface area contributed by atoms with Crippen LogP contribution < -0.4 is 0 Å². The average Bonchev–Trinajstić information content (AvgIpc) is 2.34. The molecule has 1 nitrogen and oxygen atoms in total. The third-order valence-corrected chi connectivity index (χ3v) is 4.59. The summed E-state index contributed by atoms with van der Waals surface area (Å²) in [6.45, 7) is 0. The largest absolute Gasteiger partial charge is 0.288 e. The molecule has 0 aromatic heterocycles. The van der Waals surface area contributed by atoms with Crippen LogP contribution in [0.15, 0.2) is 22.7 Å². The molecule has 110 valence electrons. The second-order valence-corrected chi connectivity index (χ2v) is 6.40. The summed E-state index contributed by atoms with van der Waals surface area (Å²) in [6.07, 6.45) is 0. The number of carbonyl (C=O) groups is 1. The lowest BCUT2D eigenvalue weighted by Gasteiger charge is -2.10. The van der Waals surface area contributed by atoms with E-state index in [0.29, 0.717) is 0 Å². The smallest absolute Gasteiger partial charge is 0.202 e. The molecule has 0 aliphatic carbocycles. The minimum absolute atomic E-state index is 0.0277. The summed E-state index contributed by atoms with van der Waals surface area (Å²) in [5.41, 5.74) is -1.09. The van der Waals surface area contributed by atoms with Gasteiger partial charge in [0, 0.05) is 4.47 Å². The fourth-order valence-electron chi connectivity index (χ4n) is 1.66. The van der Waals surface area contributed by atoms with Gasteiger partial charge in [-0.2, -0.15) is 0 Å². The van der Waals surface area contributed by atoms with Gasteiger partial charge in [-0.1, -0.05) is 62.3 Å². The van der Waals surface area contributed by atoms with Gasteiger partial charge in [-0.05, 0) is 18.2 Å². The van der Waals surface area contributed by atoms with Crippen molar-refractivity contribution in [3.05, 3.63) is 65.5 Å². The van der Waals surface area contributed by atoms with E-state index in [1.54, 1.807) is 0 Å². The zero-order chi connectivity index (χ0) is 15.9. The highest BCUT2D eigenvalue weighted by Crippen LogP contribution is 2.39. The maximum atomic E-state index is 13.9. The molecule has 2 rings (SSSR count). The van der Waals surface area contributed by atoms with Crippen molar-refractivity contribution in [3.63, 3.8) is 0 Å². The quantitative estimate of drug-likeness (QED) is 0.297. The number of hydrogen-bond donors (Lipinski definition) is 0. The summed E-state index contributed by atoms with van der Waals surface area (Å²) in [5, 5.41) is -0.508. The minimum atomic E-state index is -1.05. The van der Waals surface area contributed by atoms with Crippen LogP contribution in [0.1, 0.15) is 15.9 Å². The monoisotopic (exact) mass is 432 g/mol. The van der Waals surface area contributed by atoms with Crippen LogP contribution in [0.25, 0.3) is 0 Å². The van der Waals surface area contributed by atoms with Gasteiger partial charge in [0.15, 0.2) is 0 Å². The molecule has 2 aromatic rings. The highest BCUT2D eigenvalue weighted by molar-refractivity contribution is 9.10. The highest BCUT2D eigenvalue weighted by atomic mass is 79.9. The van der Waals surface area contributed by atoms with Gasteiger partial charge in [0.1, 0.15) is 11.6 Å². The Hall–Kier alpha value is -0.390. The molecular weight excluding hydrogens is 432 g/mol. The molecule has 2 aromatic carbocycles. The Labute approximate surface area is 146 Å². The van der Waals surface area contributed by atoms with Gasteiger partial charge in [-0.3, -0.25) is 4.79 Å². The van der Waals surface area contributed by atoms with Crippen molar-refractivity contribution < 1.29 is 13.6 Å². The molecule has 0 aliphatic rings. The second kappa shape index (κ2) is 6.39. The lowest BCUT2D eigenvalue weighted by molar-refractivity contribution is 0.103. The van der Waals surface area contributed by atoms with Crippen LogP contribution in [0.3, 0.4) is 0 Å². The fraction of sp³-hybridized carbons (Fsp3) is 0. The van der Waals surface area contributed by atoms with Gasteiger partial charge in [-0.25, -0.2) is 8.78 Å². The van der Waals surface area contributed by atoms with Gasteiger partial charge < -0.3 is 0 Å². The summed E-state index contributed by atoms with van der Waals surface area (Å²) in [7, 11) is 0. The van der Waals surface area contributed by atoms with E-state index in [9.17, 15) is 13.6 Å². The van der Waals surface area contributed by atoms with Crippen LogP contribution in [0.5, 0.6) is 0 Å². The Morgan fingerprint density at radius 3 is 1.90 bits per heavy atom. The van der Waals surface area contributed by atoms with Crippen LogP contribution in [0.4, 0.5) is 8.78 Å². The van der Waals surface area contributed by atoms with E-state index in [4.69, 9.17) is 46.4 Å². The molecule has 0 fully saturated rings. The Morgan fingerprint density at radius 1 is 0.857 bits per heavy atom. The fourth-order valence-corrected chi connectivity index (χ4v) is 3.14. The molecule has 0 unspecified atom stereocenters. The zero-order valence-corrected chi connectivity index (χ0v) is 14.4. The molecule has 0 aliphatic heterocycles. The summed E-state index contributed by atoms with van der Waals surface area (Å²) in [5.74, 6) is -3.12. The van der Waals surface area contributed by atoms with Crippen LogP contribution >= 0.6 is 62.3 Å². The van der Waals surface area contributed by atoms with Crippen molar-refractivity contribution in [1.82, 2.24) is 0 Å². The van der Waals surface area contributed by atoms with E-state index in [1.807, 2.05) is 0 Å². The van der Waals surface area contributed by atoms with E-state index in [0.717, 1.165) is 12.1 Å². The van der Waals surface area contributed by atoms with Gasteiger partial charge in [-0.15, -0.1) is 0 Å². The number of hydrogen-bond acceptors (Lipinski definition) is 1. The number of halogens is 7. The topological polar surface area (TPSA) is 17.1 Å². The van der Waals surface area contributed by atoms with Crippen LogP contribution in [-0.4, -0.2) is 5.78 Å². The van der Waals surface area contributed by atoms with E-state index in [-0.39, 0.29) is 30.1 Å². The van der Waals surface area contributed by atoms with Crippen LogP contribution in [0, 0.1) is 11.6 Å². The maximum absolute atomic E-state index is 13.9. The van der Waals surface area contributed by atoms with Crippen LogP contribution in [0.2, 0.25) is 20.1 Å². The Bertz CT molecular complexity index is 741. The first-order valence-electron chi connectivity index (χ1n) is 5.26. The van der Waals surface area contributed by atoms with E-state index < -0.39 is 23.0 Å². The number of rotatable bonds is 2. The normalized spacial score (nSPS) is 10.8. The Kier molecular flexibility index (Phi) is 5.16. The van der Waals surface area contributed by atoms with E-state index in [2.05, 4.69) is 15.9 Å². The third-order valence-electron chi connectivity index (χ3n) is 2.58. The lowest BCUT2D eigenvalue weighted by atomic mass is 10.0. The summed E-state index contributed by atoms with van der Waals surface area (Å²) in [6, 6.07) is 3.09. The van der Waals surface area contributed by atoms with Crippen LogP contribution in [-0.2, 0) is 0 Å². The molecular formula is C13H3BrCl4F2O. The lowest BCUT2D eigenvalue weighted by Crippen LogP contribution is -2.09. The minimum Gasteiger partial charge on any atom is -0.288 e. The van der Waals surface area contributed by atoms with E-state index >= 15 is 0 Å². The molecule has 0 amide bonds. The molecule has 0 N–H and O–H groups in total. The van der Waals surface area contributed by atoms with Gasteiger partial charge in [0.05, 0.1) is 31.2 Å². The van der Waals surface area contributed by atoms with Gasteiger partial charge in [0.25, 0.3) is 0 Å². The first-order valence-corrected chi connectivity index (χ1v) is 7.56. The first-order chi connectivity index (χ1) is 9.73. The molecule has 0 atom stereocenters. The van der Waals surface area contributed by atoms with Crippen molar-refractivity contribution in [2.45, 2.75) is 0 Å². The highest BCUT2D eigenvalue weighted by Gasteiger charge is 2.26. The van der Waals surface area contributed by atoms with Gasteiger partial charge in [0.2, 0.25) is 5.78 Å². The summed E-state index contributed by atoms with van der Waals surface area (Å²) >= 11 is 26.3. The summed E-state index contributed by atoms with van der Waals surface area (Å²) in [4.78, 5) is 12.3. The zero-order valence-electron chi connectivity index (χ0n) is 9.79. The maximum Gasteiger partial charge on any atom is 0.202 e. The predicted molar refractivity (Wildman–Crippen MR) is 84.0 cm³/mol. The molecule has 0 saturated heterocycles. The Morgan fingerprint density at radius 2 is 1.38 bits per heavy atom. The first kappa shape index (κ1) is 17.0. The molecule has 0 bridgehead atoms. The number of benzene rings is 2. The number of ketones is 1. The second-order valence-electron chi connectivity index (χ2n) is 3.92. The Balaban J connectivity index is 2.70. The summed E-state index contributed by atoms with van der Waals surface area (Å²) < 4.78 is 27.9. The van der Waals surface area contributed by atoms with Crippen molar-refractivity contribution in [3.8, 4) is 0 Å². The molecule has 0 heterocycles. The van der Waals surface area contributed by atoms with E-state index in [1.165, 1.54) is 6.07 Å². The molecule has 0 spiro atoms. The third kappa shape index (κ3) is 3.20.